The number of amides is 1. The van der Waals surface area contributed by atoms with E-state index in [4.69, 9.17) is 9.72 Å². The number of benzene rings is 3. The van der Waals surface area contributed by atoms with Gasteiger partial charge in [-0.05, 0) is 59.7 Å². The van der Waals surface area contributed by atoms with E-state index in [0.29, 0.717) is 35.0 Å². The predicted molar refractivity (Wildman–Crippen MR) is 159 cm³/mol. The number of nitrogens with zero attached hydrogens (tertiary/aromatic N) is 2. The Morgan fingerprint density at radius 2 is 1.62 bits per heavy atom. The quantitative estimate of drug-likeness (QED) is 0.297. The molecule has 2 heterocycles. The molecule has 0 saturated heterocycles. The van der Waals surface area contributed by atoms with Crippen LogP contribution in [0, 0.1) is 13.8 Å². The number of aryl methyl sites for hydroxylation is 2. The van der Waals surface area contributed by atoms with Crippen LogP contribution in [-0.2, 0) is 16.4 Å². The maximum atomic E-state index is 13.3. The lowest BCUT2D eigenvalue weighted by Gasteiger charge is -2.23. The molecule has 3 aromatic carbocycles. The highest BCUT2D eigenvalue weighted by atomic mass is 32.2. The molecule has 1 aliphatic heterocycles. The van der Waals surface area contributed by atoms with E-state index in [2.05, 4.69) is 60.1 Å². The molecule has 1 aromatic heterocycles. The molecule has 0 aliphatic carbocycles. The van der Waals surface area contributed by atoms with E-state index in [0.717, 1.165) is 22.3 Å². The monoisotopic (exact) mass is 554 g/mol. The maximum absolute atomic E-state index is 13.3. The molecule has 2 unspecified atom stereocenters. The number of fused-ring (bicyclic) bond motifs is 4. The van der Waals surface area contributed by atoms with Crippen molar-refractivity contribution in [1.82, 2.24) is 15.3 Å². The number of hydrogen-bond donors (Lipinski definition) is 2. The minimum Gasteiger partial charge on any atom is -0.469 e. The van der Waals surface area contributed by atoms with Crippen molar-refractivity contribution in [3.05, 3.63) is 101 Å². The third kappa shape index (κ3) is 6.07. The molecule has 0 saturated carbocycles. The Kier molecular flexibility index (Phi) is 7.72. The van der Waals surface area contributed by atoms with E-state index in [1.165, 1.54) is 5.56 Å². The lowest BCUT2D eigenvalue weighted by atomic mass is 9.86. The minimum atomic E-state index is -1.70. The number of aromatic nitrogens is 2. The Balaban J connectivity index is 1.61. The summed E-state index contributed by atoms with van der Waals surface area (Å²) in [5.41, 5.74) is 6.43. The molecule has 4 bridgehead atoms. The summed E-state index contributed by atoms with van der Waals surface area (Å²) in [6.07, 6.45) is 0.139. The lowest BCUT2D eigenvalue weighted by molar-refractivity contribution is 0.0945. The summed E-state index contributed by atoms with van der Waals surface area (Å²) in [5, 5.41) is 2.98. The van der Waals surface area contributed by atoms with Gasteiger partial charge in [0.1, 0.15) is 6.10 Å². The van der Waals surface area contributed by atoms with Crippen molar-refractivity contribution in [3.63, 3.8) is 0 Å². The van der Waals surface area contributed by atoms with Crippen molar-refractivity contribution >= 4 is 22.8 Å². The van der Waals surface area contributed by atoms with Crippen molar-refractivity contribution in [2.24, 2.45) is 0 Å². The Morgan fingerprint density at radius 1 is 0.925 bits per heavy atom. The van der Waals surface area contributed by atoms with Crippen LogP contribution in [0.5, 0.6) is 5.88 Å². The van der Waals surface area contributed by atoms with E-state index < -0.39 is 11.0 Å². The zero-order valence-electron chi connectivity index (χ0n) is 23.4. The van der Waals surface area contributed by atoms with Gasteiger partial charge in [0.15, 0.2) is 11.0 Å². The van der Waals surface area contributed by atoms with Gasteiger partial charge in [0.2, 0.25) is 11.8 Å². The Hall–Kier alpha value is -4.04. The smallest absolute Gasteiger partial charge is 0.251 e. The van der Waals surface area contributed by atoms with Gasteiger partial charge in [0.25, 0.3) is 5.91 Å². The fourth-order valence-corrected chi connectivity index (χ4v) is 5.64. The van der Waals surface area contributed by atoms with E-state index in [9.17, 15) is 9.00 Å². The summed E-state index contributed by atoms with van der Waals surface area (Å²) in [5.74, 6) is 0.307. The second-order valence-electron chi connectivity index (χ2n) is 11.1. The molecule has 206 valence electrons. The normalized spacial score (nSPS) is 17.7. The predicted octanol–water partition coefficient (Wildman–Crippen LogP) is 6.45. The van der Waals surface area contributed by atoms with Crippen LogP contribution in [0.25, 0.3) is 11.3 Å². The molecule has 40 heavy (non-hydrogen) atoms. The van der Waals surface area contributed by atoms with Crippen molar-refractivity contribution in [1.29, 1.82) is 0 Å². The highest BCUT2D eigenvalue weighted by molar-refractivity contribution is 7.86. The Labute approximate surface area is 238 Å². The molecule has 8 heteroatoms. The number of hydrogen-bond acceptors (Lipinski definition) is 5. The zero-order chi connectivity index (χ0) is 28.4. The number of carbonyl (C=O) groups excluding carboxylic acids is 1. The minimum absolute atomic E-state index is 0.0222. The SMILES string of the molecule is Cc1cccc(C)c1-c1cc2nc(n1)NS(=O)c1cccc(c1)C(=O)NCCC(c1ccc(C(C)(C)C)cc1)O2. The van der Waals surface area contributed by atoms with Crippen LogP contribution < -0.4 is 14.8 Å². The van der Waals surface area contributed by atoms with E-state index in [-0.39, 0.29) is 23.4 Å². The van der Waals surface area contributed by atoms with Gasteiger partial charge >= 0.3 is 0 Å². The first-order valence-electron chi connectivity index (χ1n) is 13.4. The largest absolute Gasteiger partial charge is 0.469 e. The molecule has 7 nitrogen and oxygen atoms in total. The van der Waals surface area contributed by atoms with E-state index in [1.807, 2.05) is 38.1 Å². The fourth-order valence-electron chi connectivity index (χ4n) is 4.83. The molecule has 2 atom stereocenters. The van der Waals surface area contributed by atoms with Gasteiger partial charge in [-0.2, -0.15) is 4.98 Å². The van der Waals surface area contributed by atoms with Gasteiger partial charge in [-0.15, -0.1) is 0 Å². The molecular formula is C32H34N4O3S. The van der Waals surface area contributed by atoms with Gasteiger partial charge in [0.05, 0.1) is 10.6 Å². The van der Waals surface area contributed by atoms with Crippen molar-refractivity contribution in [2.75, 3.05) is 11.3 Å². The topological polar surface area (TPSA) is 93.2 Å². The summed E-state index contributed by atoms with van der Waals surface area (Å²) in [7, 11) is -1.70. The highest BCUT2D eigenvalue weighted by Crippen LogP contribution is 2.32. The second-order valence-corrected chi connectivity index (χ2v) is 12.3. The van der Waals surface area contributed by atoms with Gasteiger partial charge in [-0.25, -0.2) is 9.19 Å². The summed E-state index contributed by atoms with van der Waals surface area (Å²) in [6.45, 7) is 11.0. The average molecular weight is 555 g/mol. The van der Waals surface area contributed by atoms with Gasteiger partial charge in [-0.1, -0.05) is 69.3 Å². The molecule has 2 N–H and O–H groups in total. The molecule has 4 aromatic rings. The third-order valence-corrected chi connectivity index (χ3v) is 8.09. The molecule has 0 fully saturated rings. The molecule has 0 spiro atoms. The average Bonchev–Trinajstić information content (AvgIpc) is 2.91. The molecular weight excluding hydrogens is 520 g/mol. The third-order valence-electron chi connectivity index (χ3n) is 7.04. The van der Waals surface area contributed by atoms with Crippen LogP contribution in [0.1, 0.15) is 65.9 Å². The van der Waals surface area contributed by atoms with Crippen LogP contribution in [0.15, 0.2) is 77.7 Å². The number of nitrogens with one attached hydrogen (secondary N) is 2. The van der Waals surface area contributed by atoms with Crippen molar-refractivity contribution in [2.45, 2.75) is 57.5 Å². The summed E-state index contributed by atoms with van der Waals surface area (Å²) >= 11 is 0. The lowest BCUT2D eigenvalue weighted by Crippen LogP contribution is -2.27. The molecule has 0 radical (unpaired) electrons. The number of anilines is 1. The number of carbonyl (C=O) groups is 1. The number of ether oxygens (including phenoxy) is 1. The highest BCUT2D eigenvalue weighted by Gasteiger charge is 2.21. The molecule has 5 rings (SSSR count). The standard InChI is InChI=1S/C32H34N4O3S/c1-20-8-6-9-21(2)29(20)26-19-28-35-31(34-26)36-40(38)25-11-7-10-23(18-25)30(37)33-17-16-27(39-28)22-12-14-24(15-13-22)32(3,4)5/h6-15,18-19,27H,16-17H2,1-5H3,(H,33,37)(H,34,35,36). The Bertz CT molecular complexity index is 1560. The van der Waals surface area contributed by atoms with Gasteiger partial charge in [0, 0.05) is 30.2 Å². The first kappa shape index (κ1) is 27.5. The summed E-state index contributed by atoms with van der Waals surface area (Å²) in [6, 6.07) is 23.0. The first-order valence-corrected chi connectivity index (χ1v) is 14.5. The second kappa shape index (κ2) is 11.2. The Morgan fingerprint density at radius 3 is 2.33 bits per heavy atom. The molecule has 1 aliphatic rings. The zero-order valence-corrected chi connectivity index (χ0v) is 24.3. The van der Waals surface area contributed by atoms with Gasteiger partial charge < -0.3 is 10.1 Å². The van der Waals surface area contributed by atoms with Crippen LogP contribution >= 0.6 is 0 Å². The van der Waals surface area contributed by atoms with Crippen LogP contribution in [0.3, 0.4) is 0 Å². The van der Waals surface area contributed by atoms with Crippen LogP contribution in [0.4, 0.5) is 5.95 Å². The summed E-state index contributed by atoms with van der Waals surface area (Å²) in [4.78, 5) is 22.7. The summed E-state index contributed by atoms with van der Waals surface area (Å²) < 4.78 is 22.7. The van der Waals surface area contributed by atoms with Crippen LogP contribution in [0.2, 0.25) is 0 Å². The van der Waals surface area contributed by atoms with Gasteiger partial charge in [-0.3, -0.25) is 9.52 Å². The maximum Gasteiger partial charge on any atom is 0.251 e. The first-order chi connectivity index (χ1) is 19.1. The molecule has 1 amide bonds. The van der Waals surface area contributed by atoms with Crippen LogP contribution in [-0.4, -0.2) is 26.6 Å². The van der Waals surface area contributed by atoms with Crippen molar-refractivity contribution < 1.29 is 13.7 Å². The van der Waals surface area contributed by atoms with Crippen molar-refractivity contribution in [3.8, 4) is 17.1 Å². The fraction of sp³-hybridized carbons (Fsp3) is 0.281. The van der Waals surface area contributed by atoms with E-state index >= 15 is 0 Å². The van der Waals surface area contributed by atoms with E-state index in [1.54, 1.807) is 24.3 Å². The number of rotatable bonds is 2.